The summed E-state index contributed by atoms with van der Waals surface area (Å²) in [5.41, 5.74) is 1.30. The number of benzene rings is 1. The zero-order chi connectivity index (χ0) is 17.1. The van der Waals surface area contributed by atoms with E-state index in [9.17, 15) is 9.59 Å². The Kier molecular flexibility index (Phi) is 4.66. The lowest BCUT2D eigenvalue weighted by Crippen LogP contribution is -2.27. The number of methoxy groups -OCH3 is 1. The maximum Gasteiger partial charge on any atom is 0.345 e. The zero-order valence-electron chi connectivity index (χ0n) is 13.8. The third-order valence-electron chi connectivity index (χ3n) is 4.02. The maximum atomic E-state index is 12.5. The van der Waals surface area contributed by atoms with Gasteiger partial charge < -0.3 is 19.0 Å². The van der Waals surface area contributed by atoms with Crippen LogP contribution in [0, 0.1) is 0 Å². The number of hydrogen-bond donors (Lipinski definition) is 1. The maximum absolute atomic E-state index is 12.5. The van der Waals surface area contributed by atoms with Gasteiger partial charge in [0.1, 0.15) is 11.3 Å². The highest BCUT2D eigenvalue weighted by Crippen LogP contribution is 2.26. The highest BCUT2D eigenvalue weighted by atomic mass is 16.5. The minimum Gasteiger partial charge on any atom is -0.422 e. The van der Waals surface area contributed by atoms with Crippen molar-refractivity contribution in [2.75, 3.05) is 20.3 Å². The normalized spacial score (nSPS) is 11.2. The van der Waals surface area contributed by atoms with Crippen LogP contribution in [-0.2, 0) is 11.3 Å². The third kappa shape index (κ3) is 2.80. The first-order chi connectivity index (χ1) is 11.7. The Balaban J connectivity index is 2.09. The zero-order valence-corrected chi connectivity index (χ0v) is 13.8. The fraction of sp³-hybridized carbons (Fsp3) is 0.333. The van der Waals surface area contributed by atoms with Crippen LogP contribution in [-0.4, -0.2) is 30.7 Å². The summed E-state index contributed by atoms with van der Waals surface area (Å²) in [6.45, 7) is 3.64. The Morgan fingerprint density at radius 2 is 2.08 bits per heavy atom. The van der Waals surface area contributed by atoms with Gasteiger partial charge in [0, 0.05) is 32.2 Å². The van der Waals surface area contributed by atoms with Gasteiger partial charge in [-0.25, -0.2) is 4.79 Å². The molecular formula is C18H20N2O4. The van der Waals surface area contributed by atoms with E-state index in [1.807, 2.05) is 29.7 Å². The summed E-state index contributed by atoms with van der Waals surface area (Å²) >= 11 is 0. The molecule has 0 aliphatic carbocycles. The van der Waals surface area contributed by atoms with Crippen molar-refractivity contribution in [3.63, 3.8) is 0 Å². The molecule has 0 aliphatic heterocycles. The number of amides is 1. The number of nitrogens with zero attached hydrogens (tertiary/aromatic N) is 1. The van der Waals surface area contributed by atoms with E-state index in [4.69, 9.17) is 9.15 Å². The molecule has 2 heterocycles. The Morgan fingerprint density at radius 3 is 2.83 bits per heavy atom. The van der Waals surface area contributed by atoms with Crippen LogP contribution in [0.25, 0.3) is 21.9 Å². The SMILES string of the molecule is CCn1c(C(=O)NCCCOC)cc2c(=O)oc3ccccc3c21. The lowest BCUT2D eigenvalue weighted by molar-refractivity contribution is 0.0940. The average Bonchev–Trinajstić information content (AvgIpc) is 2.99. The topological polar surface area (TPSA) is 73.5 Å². The largest absolute Gasteiger partial charge is 0.422 e. The van der Waals surface area contributed by atoms with E-state index in [0.29, 0.717) is 36.4 Å². The molecule has 0 saturated carbocycles. The molecule has 0 spiro atoms. The van der Waals surface area contributed by atoms with Crippen molar-refractivity contribution >= 4 is 27.8 Å². The van der Waals surface area contributed by atoms with Gasteiger partial charge in [0.25, 0.3) is 5.91 Å². The lowest BCUT2D eigenvalue weighted by Gasteiger charge is -2.09. The van der Waals surface area contributed by atoms with E-state index in [1.54, 1.807) is 19.2 Å². The molecule has 126 valence electrons. The molecule has 3 aromatic rings. The second kappa shape index (κ2) is 6.88. The van der Waals surface area contributed by atoms with Crippen molar-refractivity contribution in [1.29, 1.82) is 0 Å². The molecule has 0 unspecified atom stereocenters. The summed E-state index contributed by atoms with van der Waals surface area (Å²) in [6, 6.07) is 8.97. The van der Waals surface area contributed by atoms with Gasteiger partial charge in [-0.15, -0.1) is 0 Å². The van der Waals surface area contributed by atoms with Gasteiger partial charge in [-0.05, 0) is 31.5 Å². The van der Waals surface area contributed by atoms with E-state index in [1.165, 1.54) is 0 Å². The number of aromatic nitrogens is 1. The van der Waals surface area contributed by atoms with Crippen molar-refractivity contribution < 1.29 is 13.9 Å². The molecule has 0 fully saturated rings. The van der Waals surface area contributed by atoms with Crippen LogP contribution in [0.3, 0.4) is 0 Å². The highest BCUT2D eigenvalue weighted by molar-refractivity contribution is 6.07. The number of hydrogen-bond acceptors (Lipinski definition) is 4. The first-order valence-electron chi connectivity index (χ1n) is 7.99. The van der Waals surface area contributed by atoms with Crippen molar-refractivity contribution in [1.82, 2.24) is 9.88 Å². The fourth-order valence-electron chi connectivity index (χ4n) is 2.93. The molecule has 0 bridgehead atoms. The van der Waals surface area contributed by atoms with Crippen LogP contribution in [0.4, 0.5) is 0 Å². The van der Waals surface area contributed by atoms with Crippen LogP contribution < -0.4 is 10.9 Å². The lowest BCUT2D eigenvalue weighted by atomic mass is 10.2. The number of para-hydroxylation sites is 1. The number of ether oxygens (including phenoxy) is 1. The van der Waals surface area contributed by atoms with Crippen LogP contribution in [0.15, 0.2) is 39.5 Å². The third-order valence-corrected chi connectivity index (χ3v) is 4.02. The average molecular weight is 328 g/mol. The molecule has 2 aromatic heterocycles. The summed E-state index contributed by atoms with van der Waals surface area (Å²) in [4.78, 5) is 24.8. The van der Waals surface area contributed by atoms with Crippen LogP contribution in [0.2, 0.25) is 0 Å². The van der Waals surface area contributed by atoms with Gasteiger partial charge in [-0.3, -0.25) is 4.79 Å². The van der Waals surface area contributed by atoms with Crippen molar-refractivity contribution in [3.8, 4) is 0 Å². The van der Waals surface area contributed by atoms with Gasteiger partial charge >= 0.3 is 5.63 Å². The molecule has 0 radical (unpaired) electrons. The van der Waals surface area contributed by atoms with E-state index in [2.05, 4.69) is 5.32 Å². The second-order valence-corrected chi connectivity index (χ2v) is 5.52. The smallest absolute Gasteiger partial charge is 0.345 e. The number of aryl methyl sites for hydroxylation is 1. The summed E-state index contributed by atoms with van der Waals surface area (Å²) in [5.74, 6) is -0.201. The predicted octanol–water partition coefficient (Wildman–Crippen LogP) is 2.53. The first kappa shape index (κ1) is 16.3. The van der Waals surface area contributed by atoms with Gasteiger partial charge in [0.2, 0.25) is 0 Å². The minimum absolute atomic E-state index is 0.201. The van der Waals surface area contributed by atoms with Crippen LogP contribution in [0.5, 0.6) is 0 Å². The molecule has 0 aliphatic rings. The molecule has 0 saturated heterocycles. The molecule has 6 heteroatoms. The number of nitrogens with one attached hydrogen (secondary N) is 1. The molecule has 0 atom stereocenters. The Morgan fingerprint density at radius 1 is 1.29 bits per heavy atom. The van der Waals surface area contributed by atoms with E-state index >= 15 is 0 Å². The molecule has 3 rings (SSSR count). The summed E-state index contributed by atoms with van der Waals surface area (Å²) in [5, 5.41) is 4.12. The van der Waals surface area contributed by atoms with E-state index in [0.717, 1.165) is 17.3 Å². The molecule has 1 amide bonds. The Labute approximate surface area is 139 Å². The summed E-state index contributed by atoms with van der Waals surface area (Å²) < 4.78 is 12.2. The number of carbonyl (C=O) groups excluding carboxylic acids is 1. The van der Waals surface area contributed by atoms with Gasteiger partial charge in [0.05, 0.1) is 10.9 Å². The van der Waals surface area contributed by atoms with E-state index in [-0.39, 0.29) is 5.91 Å². The number of carbonyl (C=O) groups is 1. The molecular weight excluding hydrogens is 308 g/mol. The highest BCUT2D eigenvalue weighted by Gasteiger charge is 2.19. The fourth-order valence-corrected chi connectivity index (χ4v) is 2.93. The van der Waals surface area contributed by atoms with Gasteiger partial charge in [-0.2, -0.15) is 0 Å². The van der Waals surface area contributed by atoms with Gasteiger partial charge in [0.15, 0.2) is 0 Å². The summed E-state index contributed by atoms with van der Waals surface area (Å²) in [6.07, 6.45) is 0.736. The molecule has 1 aromatic carbocycles. The Hall–Kier alpha value is -2.60. The number of fused-ring (bicyclic) bond motifs is 3. The van der Waals surface area contributed by atoms with Crippen molar-refractivity contribution in [3.05, 3.63) is 46.4 Å². The minimum atomic E-state index is -0.427. The quantitative estimate of drug-likeness (QED) is 0.557. The number of rotatable bonds is 6. The summed E-state index contributed by atoms with van der Waals surface area (Å²) in [7, 11) is 1.63. The second-order valence-electron chi connectivity index (χ2n) is 5.52. The van der Waals surface area contributed by atoms with Gasteiger partial charge in [-0.1, -0.05) is 12.1 Å². The van der Waals surface area contributed by atoms with Crippen molar-refractivity contribution in [2.45, 2.75) is 19.9 Å². The first-order valence-corrected chi connectivity index (χ1v) is 7.99. The van der Waals surface area contributed by atoms with Crippen LogP contribution in [0.1, 0.15) is 23.8 Å². The predicted molar refractivity (Wildman–Crippen MR) is 92.5 cm³/mol. The molecule has 1 N–H and O–H groups in total. The molecule has 6 nitrogen and oxygen atoms in total. The molecule has 24 heavy (non-hydrogen) atoms. The Bertz CT molecular complexity index is 939. The standard InChI is InChI=1S/C18H20N2O4/c1-3-20-14(17(21)19-9-6-10-23-2)11-13-16(20)12-7-4-5-8-15(12)24-18(13)22/h4-5,7-8,11H,3,6,9-10H2,1-2H3,(H,19,21). The monoisotopic (exact) mass is 328 g/mol. The van der Waals surface area contributed by atoms with Crippen molar-refractivity contribution in [2.24, 2.45) is 0 Å². The van der Waals surface area contributed by atoms with Crippen LogP contribution >= 0.6 is 0 Å². The van der Waals surface area contributed by atoms with E-state index < -0.39 is 5.63 Å².